The predicted molar refractivity (Wildman–Crippen MR) is 145 cm³/mol. The van der Waals surface area contributed by atoms with E-state index in [2.05, 4.69) is 112 Å². The minimum Gasteiger partial charge on any atom is -0.344 e. The first-order valence-corrected chi connectivity index (χ1v) is 12.7. The van der Waals surface area contributed by atoms with Crippen LogP contribution < -0.4 is 0 Å². The summed E-state index contributed by atoms with van der Waals surface area (Å²) in [4.78, 5) is 0. The summed E-state index contributed by atoms with van der Waals surface area (Å²) in [6, 6.07) is 28.0. The fraction of sp³-hybridized carbons (Fsp3) is 0.273. The second kappa shape index (κ2) is 6.42. The van der Waals surface area contributed by atoms with Gasteiger partial charge < -0.3 is 4.57 Å². The molecule has 0 fully saturated rings. The van der Waals surface area contributed by atoms with E-state index >= 15 is 0 Å². The van der Waals surface area contributed by atoms with Gasteiger partial charge in [0, 0.05) is 39.7 Å². The van der Waals surface area contributed by atoms with Crippen molar-refractivity contribution in [3.05, 3.63) is 95.1 Å². The molecular weight excluding hydrogens is 410 g/mol. The van der Waals surface area contributed by atoms with Crippen molar-refractivity contribution in [3.63, 3.8) is 0 Å². The lowest BCUT2D eigenvalue weighted by molar-refractivity contribution is 0.565. The summed E-state index contributed by atoms with van der Waals surface area (Å²) in [6.07, 6.45) is 2.21. The summed E-state index contributed by atoms with van der Waals surface area (Å²) in [5, 5.41) is 2.78. The van der Waals surface area contributed by atoms with Crippen molar-refractivity contribution in [1.29, 1.82) is 0 Å². The maximum atomic E-state index is 2.52. The van der Waals surface area contributed by atoms with Crippen LogP contribution in [0.15, 0.2) is 72.8 Å². The van der Waals surface area contributed by atoms with Crippen molar-refractivity contribution >= 4 is 21.8 Å². The smallest absolute Gasteiger partial charge is 0.0495 e. The Bertz CT molecular complexity index is 1540. The van der Waals surface area contributed by atoms with Crippen LogP contribution in [-0.4, -0.2) is 4.57 Å². The highest BCUT2D eigenvalue weighted by Crippen LogP contribution is 2.54. The normalized spacial score (nSPS) is 22.1. The Morgan fingerprint density at radius 3 is 1.38 bits per heavy atom. The molecule has 2 aliphatic rings. The Labute approximate surface area is 202 Å². The molecule has 5 aromatic rings. The zero-order valence-corrected chi connectivity index (χ0v) is 20.8. The van der Waals surface area contributed by atoms with E-state index in [4.69, 9.17) is 0 Å². The van der Waals surface area contributed by atoms with Gasteiger partial charge in [-0.1, -0.05) is 76.2 Å². The molecule has 0 saturated heterocycles. The van der Waals surface area contributed by atoms with Crippen LogP contribution in [0.5, 0.6) is 0 Å². The van der Waals surface area contributed by atoms with Gasteiger partial charge >= 0.3 is 0 Å². The van der Waals surface area contributed by atoms with Crippen molar-refractivity contribution in [3.8, 4) is 22.3 Å². The van der Waals surface area contributed by atoms with E-state index in [9.17, 15) is 0 Å². The third-order valence-corrected chi connectivity index (χ3v) is 9.51. The summed E-state index contributed by atoms with van der Waals surface area (Å²) in [7, 11) is 2.24. The number of benzene rings is 4. The molecule has 1 heteroatoms. The molecule has 0 saturated carbocycles. The number of aromatic nitrogens is 1. The molecule has 1 nitrogen and oxygen atoms in total. The topological polar surface area (TPSA) is 4.93 Å². The number of nitrogens with zero attached hydrogens (tertiary/aromatic N) is 1. The molecule has 0 N–H and O–H groups in total. The summed E-state index contributed by atoms with van der Waals surface area (Å²) in [6.45, 7) is 9.51. The maximum absolute atomic E-state index is 2.52. The monoisotopic (exact) mass is 441 g/mol. The average molecular weight is 442 g/mol. The highest BCUT2D eigenvalue weighted by molar-refractivity contribution is 6.12. The SMILES string of the molecule is CC[C@]1(C)c2ccccc2-c2cc3c(cc21)c1cc2c(cc1n3C)-c1ccccc1[C@@]2(C)CC. The minimum absolute atomic E-state index is 0.0627. The van der Waals surface area contributed by atoms with E-state index in [0.29, 0.717) is 0 Å². The second-order valence-corrected chi connectivity index (χ2v) is 10.9. The molecule has 1 aromatic heterocycles. The van der Waals surface area contributed by atoms with Gasteiger partial charge in [0.05, 0.1) is 0 Å². The van der Waals surface area contributed by atoms with Crippen LogP contribution in [0.3, 0.4) is 0 Å². The highest BCUT2D eigenvalue weighted by Gasteiger charge is 2.40. The van der Waals surface area contributed by atoms with Gasteiger partial charge in [-0.2, -0.15) is 0 Å². The van der Waals surface area contributed by atoms with E-state index < -0.39 is 0 Å². The first kappa shape index (κ1) is 20.1. The van der Waals surface area contributed by atoms with Gasteiger partial charge in [0.15, 0.2) is 0 Å². The molecule has 7 rings (SSSR count). The van der Waals surface area contributed by atoms with Crippen molar-refractivity contribution in [2.75, 3.05) is 0 Å². The van der Waals surface area contributed by atoms with Crippen molar-refractivity contribution in [2.45, 2.75) is 51.4 Å². The summed E-state index contributed by atoms with van der Waals surface area (Å²) in [5.41, 5.74) is 14.3. The molecule has 0 unspecified atom stereocenters. The first-order chi connectivity index (χ1) is 16.4. The van der Waals surface area contributed by atoms with Crippen LogP contribution >= 0.6 is 0 Å². The zero-order valence-electron chi connectivity index (χ0n) is 20.8. The molecule has 34 heavy (non-hydrogen) atoms. The molecule has 0 spiro atoms. The van der Waals surface area contributed by atoms with E-state index in [-0.39, 0.29) is 10.8 Å². The molecule has 1 heterocycles. The molecule has 0 bridgehead atoms. The van der Waals surface area contributed by atoms with Gasteiger partial charge in [-0.15, -0.1) is 0 Å². The minimum atomic E-state index is 0.0627. The number of rotatable bonds is 2. The average Bonchev–Trinajstić information content (AvgIpc) is 3.41. The standard InChI is InChI=1S/C33H31N/c1-6-32(3)26-14-10-8-12-20(26)22-18-30-24(16-28(22)32)25-17-29-23(19-31(25)34(30)5)21-13-9-11-15-27(21)33(29,4)7-2/h8-19H,6-7H2,1-5H3/t32-,33-/m1/s1. The molecule has 2 atom stereocenters. The molecule has 0 amide bonds. The molecule has 0 aliphatic heterocycles. The van der Waals surface area contributed by atoms with E-state index in [1.54, 1.807) is 0 Å². The Kier molecular flexibility index (Phi) is 3.79. The van der Waals surface area contributed by atoms with Gasteiger partial charge in [-0.25, -0.2) is 0 Å². The van der Waals surface area contributed by atoms with Gasteiger partial charge in [-0.3, -0.25) is 0 Å². The Morgan fingerprint density at radius 2 is 0.971 bits per heavy atom. The highest BCUT2D eigenvalue weighted by atomic mass is 14.9. The number of hydrogen-bond donors (Lipinski definition) is 0. The second-order valence-electron chi connectivity index (χ2n) is 10.9. The predicted octanol–water partition coefficient (Wildman–Crippen LogP) is 8.72. The molecule has 0 radical (unpaired) electrons. The third kappa shape index (κ3) is 2.17. The van der Waals surface area contributed by atoms with Crippen LogP contribution in [0.2, 0.25) is 0 Å². The van der Waals surface area contributed by atoms with Crippen molar-refractivity contribution in [2.24, 2.45) is 7.05 Å². The quantitative estimate of drug-likeness (QED) is 0.258. The number of hydrogen-bond acceptors (Lipinski definition) is 0. The maximum Gasteiger partial charge on any atom is 0.0495 e. The van der Waals surface area contributed by atoms with E-state index in [0.717, 1.165) is 12.8 Å². The Balaban J connectivity index is 1.58. The molecular formula is C33H31N. The van der Waals surface area contributed by atoms with E-state index in [1.807, 2.05) is 0 Å². The number of aryl methyl sites for hydroxylation is 1. The summed E-state index contributed by atoms with van der Waals surface area (Å²) >= 11 is 0. The summed E-state index contributed by atoms with van der Waals surface area (Å²) in [5.74, 6) is 0. The Hall–Kier alpha value is -3.32. The fourth-order valence-corrected chi connectivity index (χ4v) is 7.10. The molecule has 2 aliphatic carbocycles. The lowest BCUT2D eigenvalue weighted by Gasteiger charge is -2.26. The summed E-state index contributed by atoms with van der Waals surface area (Å²) < 4.78 is 2.42. The molecule has 168 valence electrons. The van der Waals surface area contributed by atoms with Gasteiger partial charge in [-0.05, 0) is 81.6 Å². The molecule has 4 aromatic carbocycles. The van der Waals surface area contributed by atoms with Gasteiger partial charge in [0.1, 0.15) is 0 Å². The van der Waals surface area contributed by atoms with Crippen LogP contribution in [0.25, 0.3) is 44.1 Å². The van der Waals surface area contributed by atoms with Crippen LogP contribution in [0.4, 0.5) is 0 Å². The van der Waals surface area contributed by atoms with Crippen LogP contribution in [-0.2, 0) is 17.9 Å². The van der Waals surface area contributed by atoms with Crippen molar-refractivity contribution in [1.82, 2.24) is 4.57 Å². The lowest BCUT2D eigenvalue weighted by atomic mass is 9.77. The van der Waals surface area contributed by atoms with Crippen LogP contribution in [0, 0.1) is 0 Å². The van der Waals surface area contributed by atoms with Gasteiger partial charge in [0.2, 0.25) is 0 Å². The van der Waals surface area contributed by atoms with Crippen molar-refractivity contribution < 1.29 is 0 Å². The lowest BCUT2D eigenvalue weighted by Crippen LogP contribution is -2.19. The first-order valence-electron chi connectivity index (χ1n) is 12.7. The number of fused-ring (bicyclic) bond motifs is 9. The van der Waals surface area contributed by atoms with E-state index in [1.165, 1.54) is 66.3 Å². The third-order valence-electron chi connectivity index (χ3n) is 9.51. The van der Waals surface area contributed by atoms with Crippen LogP contribution in [0.1, 0.15) is 62.8 Å². The van der Waals surface area contributed by atoms with Gasteiger partial charge in [0.25, 0.3) is 0 Å². The Morgan fingerprint density at radius 1 is 0.559 bits per heavy atom. The fourth-order valence-electron chi connectivity index (χ4n) is 7.10. The zero-order chi connectivity index (χ0) is 23.4. The largest absolute Gasteiger partial charge is 0.344 e.